The number of anilines is 1. The summed E-state index contributed by atoms with van der Waals surface area (Å²) in [6, 6.07) is 14.5. The summed E-state index contributed by atoms with van der Waals surface area (Å²) in [5.41, 5.74) is 5.52. The van der Waals surface area contributed by atoms with Crippen LogP contribution in [0.5, 0.6) is 0 Å². The second-order valence-electron chi connectivity index (χ2n) is 6.90. The molecule has 1 atom stereocenters. The standard InChI is InChI=1S/C21H23N3O/c1-4-23-18-8-6-5-7-17(18)22-21(23)16-12-20(25)24(13-16)19-11-14(2)9-10-15(19)3/h5-11,16H,4,12-13H2,1-3H3/t16-/m0/s1. The zero-order chi connectivity index (χ0) is 17.6. The zero-order valence-corrected chi connectivity index (χ0v) is 15.0. The predicted molar refractivity (Wildman–Crippen MR) is 101 cm³/mol. The first-order valence-electron chi connectivity index (χ1n) is 8.91. The van der Waals surface area contributed by atoms with E-state index in [-0.39, 0.29) is 11.8 Å². The number of hydrogen-bond acceptors (Lipinski definition) is 2. The molecule has 128 valence electrons. The van der Waals surface area contributed by atoms with Gasteiger partial charge in [-0.1, -0.05) is 24.3 Å². The lowest BCUT2D eigenvalue weighted by Crippen LogP contribution is -2.25. The van der Waals surface area contributed by atoms with Crippen LogP contribution in [0.15, 0.2) is 42.5 Å². The van der Waals surface area contributed by atoms with Crippen LogP contribution >= 0.6 is 0 Å². The number of amides is 1. The average molecular weight is 333 g/mol. The quantitative estimate of drug-likeness (QED) is 0.721. The number of aryl methyl sites for hydroxylation is 3. The van der Waals surface area contributed by atoms with Crippen LogP contribution in [-0.2, 0) is 11.3 Å². The molecule has 0 saturated carbocycles. The predicted octanol–water partition coefficient (Wildman–Crippen LogP) is 4.19. The molecular formula is C21H23N3O. The van der Waals surface area contributed by atoms with Gasteiger partial charge in [0.05, 0.1) is 11.0 Å². The molecule has 2 heterocycles. The van der Waals surface area contributed by atoms with Crippen LogP contribution in [0.4, 0.5) is 5.69 Å². The normalized spacial score (nSPS) is 17.6. The van der Waals surface area contributed by atoms with E-state index in [1.807, 2.05) is 23.1 Å². The molecule has 0 aliphatic carbocycles. The number of carbonyl (C=O) groups excluding carboxylic acids is 1. The summed E-state index contributed by atoms with van der Waals surface area (Å²) in [4.78, 5) is 19.5. The molecule has 1 aliphatic rings. The molecule has 0 N–H and O–H groups in total. The van der Waals surface area contributed by atoms with Crippen molar-refractivity contribution in [3.8, 4) is 0 Å². The molecule has 1 saturated heterocycles. The number of nitrogens with zero attached hydrogens (tertiary/aromatic N) is 3. The van der Waals surface area contributed by atoms with Crippen LogP contribution in [0.25, 0.3) is 11.0 Å². The number of carbonyl (C=O) groups is 1. The molecule has 0 unspecified atom stereocenters. The monoisotopic (exact) mass is 333 g/mol. The Morgan fingerprint density at radius 2 is 1.96 bits per heavy atom. The number of rotatable bonds is 3. The topological polar surface area (TPSA) is 38.1 Å². The van der Waals surface area contributed by atoms with Gasteiger partial charge in [0.25, 0.3) is 0 Å². The zero-order valence-electron chi connectivity index (χ0n) is 15.0. The Hall–Kier alpha value is -2.62. The van der Waals surface area contributed by atoms with Crippen LogP contribution in [0.1, 0.15) is 36.2 Å². The molecule has 2 aromatic carbocycles. The third-order valence-electron chi connectivity index (χ3n) is 5.15. The summed E-state index contributed by atoms with van der Waals surface area (Å²) in [5, 5.41) is 0. The molecule has 0 radical (unpaired) electrons. The minimum atomic E-state index is 0.139. The highest BCUT2D eigenvalue weighted by Crippen LogP contribution is 2.34. The van der Waals surface area contributed by atoms with Gasteiger partial charge in [-0.25, -0.2) is 4.98 Å². The maximum Gasteiger partial charge on any atom is 0.227 e. The fourth-order valence-corrected chi connectivity index (χ4v) is 3.86. The molecule has 4 rings (SSSR count). The Bertz CT molecular complexity index is 957. The molecule has 4 heteroatoms. The number of imidazole rings is 1. The number of benzene rings is 2. The highest BCUT2D eigenvalue weighted by atomic mass is 16.2. The highest BCUT2D eigenvalue weighted by Gasteiger charge is 2.35. The van der Waals surface area contributed by atoms with Crippen LogP contribution in [0.2, 0.25) is 0 Å². The molecule has 1 aromatic heterocycles. The van der Waals surface area contributed by atoms with E-state index in [1.165, 1.54) is 5.56 Å². The van der Waals surface area contributed by atoms with Gasteiger partial charge < -0.3 is 9.47 Å². The first-order valence-corrected chi connectivity index (χ1v) is 8.91. The average Bonchev–Trinajstić information content (AvgIpc) is 3.17. The molecule has 0 bridgehead atoms. The first-order chi connectivity index (χ1) is 12.1. The minimum Gasteiger partial charge on any atom is -0.328 e. The van der Waals surface area contributed by atoms with Crippen LogP contribution in [0.3, 0.4) is 0 Å². The Morgan fingerprint density at radius 3 is 2.76 bits per heavy atom. The van der Waals surface area contributed by atoms with Gasteiger partial charge in [-0.15, -0.1) is 0 Å². The van der Waals surface area contributed by atoms with Gasteiger partial charge in [0.2, 0.25) is 5.91 Å². The van der Waals surface area contributed by atoms with E-state index in [0.29, 0.717) is 13.0 Å². The van der Waals surface area contributed by atoms with Gasteiger partial charge in [0, 0.05) is 31.1 Å². The Balaban J connectivity index is 1.72. The van der Waals surface area contributed by atoms with Crippen molar-refractivity contribution in [3.63, 3.8) is 0 Å². The maximum atomic E-state index is 12.7. The lowest BCUT2D eigenvalue weighted by Gasteiger charge is -2.20. The van der Waals surface area contributed by atoms with Gasteiger partial charge in [-0.2, -0.15) is 0 Å². The van der Waals surface area contributed by atoms with Gasteiger partial charge in [0.15, 0.2) is 0 Å². The molecular weight excluding hydrogens is 310 g/mol. The van der Waals surface area contributed by atoms with Crippen LogP contribution in [0, 0.1) is 13.8 Å². The molecule has 1 amide bonds. The Kier molecular flexibility index (Phi) is 3.83. The van der Waals surface area contributed by atoms with Gasteiger partial charge in [-0.3, -0.25) is 4.79 Å². The fraction of sp³-hybridized carbons (Fsp3) is 0.333. The van der Waals surface area contributed by atoms with E-state index in [2.05, 4.69) is 49.6 Å². The number of para-hydroxylation sites is 2. The van der Waals surface area contributed by atoms with Gasteiger partial charge >= 0.3 is 0 Å². The number of aromatic nitrogens is 2. The summed E-state index contributed by atoms with van der Waals surface area (Å²) >= 11 is 0. The lowest BCUT2D eigenvalue weighted by molar-refractivity contribution is -0.117. The van der Waals surface area contributed by atoms with Gasteiger partial charge in [0.1, 0.15) is 5.82 Å². The first kappa shape index (κ1) is 15.9. The maximum absolute atomic E-state index is 12.7. The number of fused-ring (bicyclic) bond motifs is 1. The van der Waals surface area contributed by atoms with Crippen molar-refractivity contribution in [2.75, 3.05) is 11.4 Å². The second kappa shape index (κ2) is 6.03. The van der Waals surface area contributed by atoms with E-state index in [4.69, 9.17) is 4.98 Å². The van der Waals surface area contributed by atoms with Crippen molar-refractivity contribution in [3.05, 3.63) is 59.4 Å². The van der Waals surface area contributed by atoms with Crippen molar-refractivity contribution in [2.45, 2.75) is 39.7 Å². The Morgan fingerprint density at radius 1 is 1.16 bits per heavy atom. The van der Waals surface area contributed by atoms with Crippen molar-refractivity contribution < 1.29 is 4.79 Å². The minimum absolute atomic E-state index is 0.139. The third kappa shape index (κ3) is 2.62. The highest BCUT2D eigenvalue weighted by molar-refractivity contribution is 5.97. The second-order valence-corrected chi connectivity index (χ2v) is 6.90. The summed E-state index contributed by atoms with van der Waals surface area (Å²) < 4.78 is 2.25. The lowest BCUT2D eigenvalue weighted by atomic mass is 10.1. The van der Waals surface area contributed by atoms with Crippen LogP contribution in [-0.4, -0.2) is 22.0 Å². The number of hydrogen-bond donors (Lipinski definition) is 0. The van der Waals surface area contributed by atoms with Crippen LogP contribution < -0.4 is 4.90 Å². The van der Waals surface area contributed by atoms with Crippen molar-refractivity contribution >= 4 is 22.6 Å². The molecule has 0 spiro atoms. The van der Waals surface area contributed by atoms with Crippen molar-refractivity contribution in [1.29, 1.82) is 0 Å². The van der Waals surface area contributed by atoms with E-state index in [9.17, 15) is 4.79 Å². The molecule has 25 heavy (non-hydrogen) atoms. The fourth-order valence-electron chi connectivity index (χ4n) is 3.86. The summed E-state index contributed by atoms with van der Waals surface area (Å²) in [7, 11) is 0. The molecule has 4 nitrogen and oxygen atoms in total. The smallest absolute Gasteiger partial charge is 0.227 e. The summed E-state index contributed by atoms with van der Waals surface area (Å²) in [6.45, 7) is 7.83. The van der Waals surface area contributed by atoms with E-state index < -0.39 is 0 Å². The summed E-state index contributed by atoms with van der Waals surface area (Å²) in [6.07, 6.45) is 0.525. The van der Waals surface area contributed by atoms with E-state index in [0.717, 1.165) is 34.7 Å². The molecule has 3 aromatic rings. The van der Waals surface area contributed by atoms with E-state index in [1.54, 1.807) is 0 Å². The molecule has 1 fully saturated rings. The largest absolute Gasteiger partial charge is 0.328 e. The Labute approximate surface area is 148 Å². The summed E-state index contributed by atoms with van der Waals surface area (Å²) in [5.74, 6) is 1.36. The SMILES string of the molecule is CCn1c([C@H]2CC(=O)N(c3cc(C)ccc3C)C2)nc2ccccc21. The van der Waals surface area contributed by atoms with Crippen molar-refractivity contribution in [2.24, 2.45) is 0 Å². The third-order valence-corrected chi connectivity index (χ3v) is 5.15. The van der Waals surface area contributed by atoms with Crippen molar-refractivity contribution in [1.82, 2.24) is 9.55 Å². The van der Waals surface area contributed by atoms with Gasteiger partial charge in [-0.05, 0) is 50.1 Å². The van der Waals surface area contributed by atoms with E-state index >= 15 is 0 Å². The molecule has 1 aliphatic heterocycles.